The Hall–Kier alpha value is -0.430. The maximum absolute atomic E-state index is 5.41. The molecule has 5 heteroatoms. The minimum atomic E-state index is 0.205. The quantitative estimate of drug-likeness (QED) is 0.865. The van der Waals surface area contributed by atoms with Crippen molar-refractivity contribution in [2.24, 2.45) is 0 Å². The third-order valence-electron chi connectivity index (χ3n) is 1.58. The predicted octanol–water partition coefficient (Wildman–Crippen LogP) is 2.05. The zero-order chi connectivity index (χ0) is 10.6. The van der Waals surface area contributed by atoms with Gasteiger partial charge in [-0.05, 0) is 36.4 Å². The fourth-order valence-electron chi connectivity index (χ4n) is 0.890. The molecule has 0 unspecified atom stereocenters. The molecule has 0 fully saturated rings. The van der Waals surface area contributed by atoms with Crippen LogP contribution in [0.15, 0.2) is 6.20 Å². The number of anilines is 1. The van der Waals surface area contributed by atoms with Gasteiger partial charge >= 0.3 is 0 Å². The van der Waals surface area contributed by atoms with Crippen LogP contribution < -0.4 is 5.32 Å². The fraction of sp³-hybridized carbons (Fsp3) is 0.556. The van der Waals surface area contributed by atoms with E-state index in [2.05, 4.69) is 37.9 Å². The van der Waals surface area contributed by atoms with Gasteiger partial charge in [-0.2, -0.15) is 0 Å². The van der Waals surface area contributed by atoms with Gasteiger partial charge in [-0.15, -0.1) is 0 Å². The van der Waals surface area contributed by atoms with E-state index in [0.29, 0.717) is 12.4 Å². The maximum Gasteiger partial charge on any atom is 0.156 e. The topological polar surface area (TPSA) is 47.0 Å². The van der Waals surface area contributed by atoms with E-state index in [4.69, 9.17) is 4.74 Å². The molecular formula is C9H14IN3O. The Morgan fingerprint density at radius 3 is 2.86 bits per heavy atom. The summed E-state index contributed by atoms with van der Waals surface area (Å²) in [6, 6.07) is 0. The third kappa shape index (κ3) is 3.38. The van der Waals surface area contributed by atoms with Crippen molar-refractivity contribution in [2.45, 2.75) is 26.6 Å². The van der Waals surface area contributed by atoms with Gasteiger partial charge in [0.2, 0.25) is 0 Å². The zero-order valence-electron chi connectivity index (χ0n) is 8.54. The summed E-state index contributed by atoms with van der Waals surface area (Å²) in [6.45, 7) is 4.45. The Morgan fingerprint density at radius 1 is 1.57 bits per heavy atom. The average Bonchev–Trinajstić information content (AvgIpc) is 2.16. The van der Waals surface area contributed by atoms with Crippen LogP contribution in [-0.2, 0) is 11.3 Å². The Balaban J connectivity index is 2.69. The molecule has 0 aliphatic rings. The minimum absolute atomic E-state index is 0.205. The lowest BCUT2D eigenvalue weighted by Gasteiger charge is -2.08. The summed E-state index contributed by atoms with van der Waals surface area (Å²) in [6.07, 6.45) is 1.99. The number of aromatic nitrogens is 2. The average molecular weight is 307 g/mol. The third-order valence-corrected chi connectivity index (χ3v) is 2.37. The van der Waals surface area contributed by atoms with Crippen LogP contribution in [0.1, 0.15) is 19.7 Å². The molecule has 1 aromatic heterocycles. The lowest BCUT2D eigenvalue weighted by atomic mass is 10.5. The normalized spacial score (nSPS) is 10.6. The molecule has 0 bridgehead atoms. The van der Waals surface area contributed by atoms with Crippen molar-refractivity contribution < 1.29 is 4.74 Å². The SMILES string of the molecule is CNc1nc(COC(C)C)ncc1I. The number of hydrogen-bond acceptors (Lipinski definition) is 4. The van der Waals surface area contributed by atoms with Gasteiger partial charge in [0.1, 0.15) is 12.4 Å². The lowest BCUT2D eigenvalue weighted by Crippen LogP contribution is -2.07. The monoisotopic (exact) mass is 307 g/mol. The molecule has 0 aliphatic carbocycles. The summed E-state index contributed by atoms with van der Waals surface area (Å²) in [5.74, 6) is 1.56. The molecule has 14 heavy (non-hydrogen) atoms. The molecule has 1 heterocycles. The molecule has 1 aromatic rings. The molecule has 78 valence electrons. The molecule has 0 saturated carbocycles. The molecule has 0 radical (unpaired) electrons. The van der Waals surface area contributed by atoms with Gasteiger partial charge in [-0.25, -0.2) is 9.97 Å². The van der Waals surface area contributed by atoms with E-state index >= 15 is 0 Å². The fourth-order valence-corrected chi connectivity index (χ4v) is 1.42. The first-order valence-electron chi connectivity index (χ1n) is 4.44. The van der Waals surface area contributed by atoms with Crippen LogP contribution in [0.3, 0.4) is 0 Å². The van der Waals surface area contributed by atoms with Crippen molar-refractivity contribution >= 4 is 28.4 Å². The van der Waals surface area contributed by atoms with Crippen molar-refractivity contribution in [2.75, 3.05) is 12.4 Å². The molecule has 0 spiro atoms. The molecule has 1 rings (SSSR count). The Bertz CT molecular complexity index is 304. The minimum Gasteiger partial charge on any atom is -0.372 e. The number of hydrogen-bond donors (Lipinski definition) is 1. The summed E-state index contributed by atoms with van der Waals surface area (Å²) >= 11 is 2.19. The van der Waals surface area contributed by atoms with Gasteiger partial charge in [-0.1, -0.05) is 0 Å². The van der Waals surface area contributed by atoms with E-state index in [1.807, 2.05) is 20.9 Å². The largest absolute Gasteiger partial charge is 0.372 e. The second-order valence-corrected chi connectivity index (χ2v) is 4.25. The van der Waals surface area contributed by atoms with E-state index in [1.165, 1.54) is 0 Å². The Kier molecular flexibility index (Phi) is 4.53. The molecule has 0 aliphatic heterocycles. The van der Waals surface area contributed by atoms with Crippen LogP contribution in [-0.4, -0.2) is 23.1 Å². The number of nitrogens with zero attached hydrogens (tertiary/aromatic N) is 2. The van der Waals surface area contributed by atoms with E-state index in [0.717, 1.165) is 9.39 Å². The highest BCUT2D eigenvalue weighted by Crippen LogP contribution is 2.13. The second kappa shape index (κ2) is 5.45. The summed E-state index contributed by atoms with van der Waals surface area (Å²) in [7, 11) is 1.84. The van der Waals surface area contributed by atoms with Gasteiger partial charge in [0.25, 0.3) is 0 Å². The number of halogens is 1. The predicted molar refractivity (Wildman–Crippen MR) is 64.2 cm³/mol. The van der Waals surface area contributed by atoms with E-state index in [-0.39, 0.29) is 6.10 Å². The summed E-state index contributed by atoms with van der Waals surface area (Å²) in [5.41, 5.74) is 0. The van der Waals surface area contributed by atoms with Crippen molar-refractivity contribution in [3.8, 4) is 0 Å². The second-order valence-electron chi connectivity index (χ2n) is 3.09. The molecule has 0 atom stereocenters. The first-order valence-corrected chi connectivity index (χ1v) is 5.52. The highest BCUT2D eigenvalue weighted by Gasteiger charge is 2.03. The van der Waals surface area contributed by atoms with Gasteiger partial charge in [0, 0.05) is 13.2 Å². The summed E-state index contributed by atoms with van der Waals surface area (Å²) in [4.78, 5) is 8.48. The molecular weight excluding hydrogens is 293 g/mol. The standard InChI is InChI=1S/C9H14IN3O/c1-6(2)14-5-8-12-4-7(10)9(11-3)13-8/h4,6H,5H2,1-3H3,(H,11,12,13). The lowest BCUT2D eigenvalue weighted by molar-refractivity contribution is 0.0613. The molecule has 0 saturated heterocycles. The maximum atomic E-state index is 5.41. The summed E-state index contributed by atoms with van der Waals surface area (Å²) in [5, 5.41) is 3.01. The van der Waals surface area contributed by atoms with Crippen LogP contribution in [0.2, 0.25) is 0 Å². The van der Waals surface area contributed by atoms with Crippen LogP contribution >= 0.6 is 22.6 Å². The molecule has 0 aromatic carbocycles. The van der Waals surface area contributed by atoms with E-state index in [1.54, 1.807) is 6.20 Å². The first-order chi connectivity index (χ1) is 6.63. The van der Waals surface area contributed by atoms with E-state index < -0.39 is 0 Å². The number of nitrogens with one attached hydrogen (secondary N) is 1. The first kappa shape index (κ1) is 11.6. The zero-order valence-corrected chi connectivity index (χ0v) is 10.7. The highest BCUT2D eigenvalue weighted by molar-refractivity contribution is 14.1. The van der Waals surface area contributed by atoms with Crippen LogP contribution in [0.4, 0.5) is 5.82 Å². The molecule has 1 N–H and O–H groups in total. The van der Waals surface area contributed by atoms with Gasteiger partial charge in [0.05, 0.1) is 9.67 Å². The van der Waals surface area contributed by atoms with Gasteiger partial charge in [0.15, 0.2) is 5.82 Å². The van der Waals surface area contributed by atoms with Crippen molar-refractivity contribution in [3.63, 3.8) is 0 Å². The van der Waals surface area contributed by atoms with Crippen LogP contribution in [0.25, 0.3) is 0 Å². The Labute approximate surface area is 97.6 Å². The van der Waals surface area contributed by atoms with Crippen molar-refractivity contribution in [3.05, 3.63) is 15.6 Å². The van der Waals surface area contributed by atoms with E-state index in [9.17, 15) is 0 Å². The number of ether oxygens (including phenoxy) is 1. The van der Waals surface area contributed by atoms with Crippen molar-refractivity contribution in [1.82, 2.24) is 9.97 Å². The summed E-state index contributed by atoms with van der Waals surface area (Å²) < 4.78 is 6.42. The van der Waals surface area contributed by atoms with Crippen LogP contribution in [0.5, 0.6) is 0 Å². The Morgan fingerprint density at radius 2 is 2.29 bits per heavy atom. The van der Waals surface area contributed by atoms with Crippen LogP contribution in [0, 0.1) is 3.57 Å². The molecule has 4 nitrogen and oxygen atoms in total. The van der Waals surface area contributed by atoms with Crippen molar-refractivity contribution in [1.29, 1.82) is 0 Å². The van der Waals surface area contributed by atoms with Gasteiger partial charge in [-0.3, -0.25) is 0 Å². The highest BCUT2D eigenvalue weighted by atomic mass is 127. The van der Waals surface area contributed by atoms with Gasteiger partial charge < -0.3 is 10.1 Å². The smallest absolute Gasteiger partial charge is 0.156 e. The number of rotatable bonds is 4. The molecule has 0 amide bonds.